The fourth-order valence-corrected chi connectivity index (χ4v) is 3.01. The van der Waals surface area contributed by atoms with Gasteiger partial charge in [-0.05, 0) is 37.4 Å². The fourth-order valence-electron chi connectivity index (χ4n) is 3.01. The quantitative estimate of drug-likeness (QED) is 0.762. The van der Waals surface area contributed by atoms with Crippen LogP contribution in [0.1, 0.15) is 49.7 Å². The Morgan fingerprint density at radius 2 is 2.27 bits per heavy atom. The number of nitrogens with one attached hydrogen (secondary N) is 1. The van der Waals surface area contributed by atoms with Gasteiger partial charge >= 0.3 is 0 Å². The minimum Gasteiger partial charge on any atom is -0.465 e. The van der Waals surface area contributed by atoms with Crippen LogP contribution in [0.15, 0.2) is 10.5 Å². The lowest BCUT2D eigenvalue weighted by atomic mass is 9.85. The first-order valence-electron chi connectivity index (χ1n) is 6.05. The van der Waals surface area contributed by atoms with Crippen molar-refractivity contribution >= 4 is 0 Å². The van der Waals surface area contributed by atoms with Crippen molar-refractivity contribution in [1.82, 2.24) is 5.32 Å². The van der Waals surface area contributed by atoms with E-state index in [4.69, 9.17) is 4.42 Å². The van der Waals surface area contributed by atoms with E-state index < -0.39 is 0 Å². The van der Waals surface area contributed by atoms with E-state index in [0.29, 0.717) is 11.3 Å². The molecule has 0 radical (unpaired) electrons. The van der Waals surface area contributed by atoms with Gasteiger partial charge in [0.1, 0.15) is 11.5 Å². The van der Waals surface area contributed by atoms with E-state index in [2.05, 4.69) is 25.2 Å². The van der Waals surface area contributed by atoms with Crippen molar-refractivity contribution in [2.75, 3.05) is 13.1 Å². The third kappa shape index (κ3) is 1.27. The van der Waals surface area contributed by atoms with Crippen LogP contribution in [-0.4, -0.2) is 13.1 Å². The normalized spacial score (nSPS) is 29.3. The van der Waals surface area contributed by atoms with Crippen LogP contribution in [0.2, 0.25) is 0 Å². The Hall–Kier alpha value is -0.760. The lowest BCUT2D eigenvalue weighted by Crippen LogP contribution is -2.25. The summed E-state index contributed by atoms with van der Waals surface area (Å²) in [4.78, 5) is 0. The van der Waals surface area contributed by atoms with E-state index in [9.17, 15) is 0 Å². The molecule has 3 rings (SSSR count). The summed E-state index contributed by atoms with van der Waals surface area (Å²) < 4.78 is 6.09. The fraction of sp³-hybridized carbons (Fsp3) is 0.692. The van der Waals surface area contributed by atoms with E-state index in [1.54, 1.807) is 0 Å². The second-order valence-electron chi connectivity index (χ2n) is 5.36. The van der Waals surface area contributed by atoms with Gasteiger partial charge in [-0.25, -0.2) is 0 Å². The highest BCUT2D eigenvalue weighted by molar-refractivity contribution is 5.36. The van der Waals surface area contributed by atoms with Crippen LogP contribution in [0.5, 0.6) is 0 Å². The molecule has 0 amide bonds. The molecule has 2 nitrogen and oxygen atoms in total. The molecule has 0 saturated carbocycles. The molecular formula is C13H19NO. The van der Waals surface area contributed by atoms with Crippen molar-refractivity contribution in [3.8, 4) is 0 Å². The number of hydrogen-bond acceptors (Lipinski definition) is 2. The maximum atomic E-state index is 6.09. The minimum atomic E-state index is 0.350. The lowest BCUT2D eigenvalue weighted by molar-refractivity contribution is 0.343. The second-order valence-corrected chi connectivity index (χ2v) is 5.36. The van der Waals surface area contributed by atoms with Gasteiger partial charge in [0.15, 0.2) is 0 Å². The Bertz CT molecular complexity index is 372. The number of rotatable bonds is 1. The molecule has 1 spiro atoms. The Kier molecular flexibility index (Phi) is 1.96. The molecule has 1 N–H and O–H groups in total. The molecule has 82 valence electrons. The maximum Gasteiger partial charge on any atom is 0.114 e. The minimum absolute atomic E-state index is 0.350. The van der Waals surface area contributed by atoms with E-state index >= 15 is 0 Å². The van der Waals surface area contributed by atoms with E-state index in [-0.39, 0.29) is 0 Å². The number of hydrogen-bond donors (Lipinski definition) is 1. The molecule has 0 bridgehead atoms. The number of fused-ring (bicyclic) bond motifs is 2. The Labute approximate surface area is 91.0 Å². The molecule has 1 aliphatic heterocycles. The smallest absolute Gasteiger partial charge is 0.114 e. The molecule has 1 fully saturated rings. The summed E-state index contributed by atoms with van der Waals surface area (Å²) >= 11 is 0. The van der Waals surface area contributed by atoms with E-state index in [0.717, 1.165) is 13.1 Å². The third-order valence-corrected chi connectivity index (χ3v) is 4.00. The average Bonchev–Trinajstić information content (AvgIpc) is 2.88. The van der Waals surface area contributed by atoms with Gasteiger partial charge in [-0.15, -0.1) is 0 Å². The summed E-state index contributed by atoms with van der Waals surface area (Å²) in [5, 5.41) is 3.47. The molecule has 1 unspecified atom stereocenters. The Morgan fingerprint density at radius 1 is 1.40 bits per heavy atom. The van der Waals surface area contributed by atoms with Crippen LogP contribution in [0.25, 0.3) is 0 Å². The van der Waals surface area contributed by atoms with E-state index in [1.165, 1.54) is 36.3 Å². The summed E-state index contributed by atoms with van der Waals surface area (Å²) in [5.41, 5.74) is 1.82. The zero-order chi connectivity index (χ0) is 10.5. The van der Waals surface area contributed by atoms with E-state index in [1.807, 2.05) is 0 Å². The molecule has 1 aromatic rings. The van der Waals surface area contributed by atoms with Crippen molar-refractivity contribution in [2.45, 2.75) is 44.4 Å². The summed E-state index contributed by atoms with van der Waals surface area (Å²) in [6, 6.07) is 2.28. The summed E-state index contributed by atoms with van der Waals surface area (Å²) in [6.45, 7) is 6.67. The van der Waals surface area contributed by atoms with Crippen molar-refractivity contribution in [3.63, 3.8) is 0 Å². The molecule has 0 aromatic carbocycles. The maximum absolute atomic E-state index is 6.09. The van der Waals surface area contributed by atoms with Gasteiger partial charge in [-0.2, -0.15) is 0 Å². The Morgan fingerprint density at radius 3 is 2.93 bits per heavy atom. The SMILES string of the molecule is CC(C)c1cc2c(o1)C1(CCNC1)CC2. The topological polar surface area (TPSA) is 25.2 Å². The first-order valence-corrected chi connectivity index (χ1v) is 6.05. The zero-order valence-corrected chi connectivity index (χ0v) is 9.60. The molecule has 1 aliphatic carbocycles. The van der Waals surface area contributed by atoms with Crippen LogP contribution in [0.3, 0.4) is 0 Å². The molecular weight excluding hydrogens is 186 g/mol. The molecule has 1 saturated heterocycles. The summed E-state index contributed by atoms with van der Waals surface area (Å²) in [5.74, 6) is 2.99. The van der Waals surface area contributed by atoms with Crippen LogP contribution in [0, 0.1) is 0 Å². The summed E-state index contributed by atoms with van der Waals surface area (Å²) in [6.07, 6.45) is 3.75. The first kappa shape index (κ1) is 9.46. The van der Waals surface area contributed by atoms with Gasteiger partial charge in [-0.3, -0.25) is 0 Å². The molecule has 1 atom stereocenters. The van der Waals surface area contributed by atoms with Gasteiger partial charge in [0.25, 0.3) is 0 Å². The van der Waals surface area contributed by atoms with Gasteiger partial charge in [0.05, 0.1) is 0 Å². The van der Waals surface area contributed by atoms with Crippen LogP contribution in [-0.2, 0) is 11.8 Å². The van der Waals surface area contributed by atoms with Gasteiger partial charge in [0, 0.05) is 17.9 Å². The second kappa shape index (κ2) is 3.11. The first-order chi connectivity index (χ1) is 7.21. The highest BCUT2D eigenvalue weighted by Gasteiger charge is 2.44. The molecule has 2 heteroatoms. The largest absolute Gasteiger partial charge is 0.465 e. The highest BCUT2D eigenvalue weighted by Crippen LogP contribution is 2.45. The molecule has 2 heterocycles. The van der Waals surface area contributed by atoms with Crippen molar-refractivity contribution < 1.29 is 4.42 Å². The Balaban J connectivity index is 2.01. The average molecular weight is 205 g/mol. The molecule has 2 aliphatic rings. The standard InChI is InChI=1S/C13H19NO/c1-9(2)11-7-10-3-4-13(12(10)15-11)5-6-14-8-13/h7,9,14H,3-6,8H2,1-2H3. The zero-order valence-electron chi connectivity index (χ0n) is 9.60. The highest BCUT2D eigenvalue weighted by atomic mass is 16.3. The van der Waals surface area contributed by atoms with Crippen molar-refractivity contribution in [1.29, 1.82) is 0 Å². The number of furan rings is 1. The summed E-state index contributed by atoms with van der Waals surface area (Å²) in [7, 11) is 0. The predicted octanol–water partition coefficient (Wildman–Crippen LogP) is 2.58. The third-order valence-electron chi connectivity index (χ3n) is 4.00. The van der Waals surface area contributed by atoms with Crippen molar-refractivity contribution in [3.05, 3.63) is 23.2 Å². The van der Waals surface area contributed by atoms with Gasteiger partial charge in [0.2, 0.25) is 0 Å². The monoisotopic (exact) mass is 205 g/mol. The van der Waals surface area contributed by atoms with Crippen LogP contribution < -0.4 is 5.32 Å². The van der Waals surface area contributed by atoms with Crippen LogP contribution >= 0.6 is 0 Å². The molecule has 15 heavy (non-hydrogen) atoms. The number of aryl methyl sites for hydroxylation is 1. The van der Waals surface area contributed by atoms with Gasteiger partial charge < -0.3 is 9.73 Å². The molecule has 1 aromatic heterocycles. The van der Waals surface area contributed by atoms with Crippen LogP contribution in [0.4, 0.5) is 0 Å². The van der Waals surface area contributed by atoms with Gasteiger partial charge in [-0.1, -0.05) is 13.8 Å². The lowest BCUT2D eigenvalue weighted by Gasteiger charge is -2.20. The predicted molar refractivity (Wildman–Crippen MR) is 60.3 cm³/mol. The van der Waals surface area contributed by atoms with Crippen molar-refractivity contribution in [2.24, 2.45) is 0 Å².